The van der Waals surface area contributed by atoms with Gasteiger partial charge in [0.25, 0.3) is 11.8 Å². The zero-order valence-corrected chi connectivity index (χ0v) is 16.2. The lowest BCUT2D eigenvalue weighted by Gasteiger charge is -2.11. The van der Waals surface area contributed by atoms with Crippen LogP contribution in [0.4, 0.5) is 0 Å². The lowest BCUT2D eigenvalue weighted by Crippen LogP contribution is -2.42. The second kappa shape index (κ2) is 11.0. The fraction of sp³-hybridized carbons (Fsp3) is 0.158. The number of benzene rings is 2. The molecule has 140 valence electrons. The number of thiocarbonyl (C=S) groups is 2. The third-order valence-electron chi connectivity index (χ3n) is 3.45. The molecule has 0 spiro atoms. The number of hydrogen-bond acceptors (Lipinski definition) is 4. The zero-order valence-electron chi connectivity index (χ0n) is 14.5. The van der Waals surface area contributed by atoms with Crippen LogP contribution in [0.5, 0.6) is 0 Å². The SMILES string of the molecule is O=C(NC(=S)NCCCNC(=S)NC(=O)c1ccccc1)c1ccccc1. The average molecular weight is 401 g/mol. The number of carbonyl (C=O) groups excluding carboxylic acids is 2. The summed E-state index contributed by atoms with van der Waals surface area (Å²) < 4.78 is 0. The topological polar surface area (TPSA) is 82.3 Å². The van der Waals surface area contributed by atoms with Crippen LogP contribution in [-0.2, 0) is 0 Å². The van der Waals surface area contributed by atoms with E-state index < -0.39 is 0 Å². The van der Waals surface area contributed by atoms with Crippen molar-refractivity contribution in [3.05, 3.63) is 71.8 Å². The molecule has 0 aliphatic heterocycles. The highest BCUT2D eigenvalue weighted by Crippen LogP contribution is 1.98. The molecule has 2 amide bonds. The first-order valence-electron chi connectivity index (χ1n) is 8.34. The summed E-state index contributed by atoms with van der Waals surface area (Å²) in [7, 11) is 0. The fourth-order valence-electron chi connectivity index (χ4n) is 2.11. The van der Waals surface area contributed by atoms with Gasteiger partial charge in [-0.3, -0.25) is 20.2 Å². The Morgan fingerprint density at radius 3 is 1.41 bits per heavy atom. The monoisotopic (exact) mass is 400 g/mol. The van der Waals surface area contributed by atoms with Crippen LogP contribution in [0.1, 0.15) is 27.1 Å². The summed E-state index contributed by atoms with van der Waals surface area (Å²) in [5.41, 5.74) is 1.09. The van der Waals surface area contributed by atoms with Crippen LogP contribution in [0.3, 0.4) is 0 Å². The summed E-state index contributed by atoms with van der Waals surface area (Å²) >= 11 is 10.2. The van der Waals surface area contributed by atoms with Crippen LogP contribution in [0, 0.1) is 0 Å². The van der Waals surface area contributed by atoms with Crippen molar-refractivity contribution in [3.63, 3.8) is 0 Å². The van der Waals surface area contributed by atoms with Crippen LogP contribution >= 0.6 is 24.4 Å². The fourth-order valence-corrected chi connectivity index (χ4v) is 2.50. The minimum Gasteiger partial charge on any atom is -0.362 e. The van der Waals surface area contributed by atoms with E-state index in [2.05, 4.69) is 21.3 Å². The molecule has 0 heterocycles. The Kier molecular flexibility index (Phi) is 8.34. The molecule has 0 aromatic heterocycles. The molecule has 0 aliphatic carbocycles. The summed E-state index contributed by atoms with van der Waals surface area (Å²) in [6.07, 6.45) is 0.697. The summed E-state index contributed by atoms with van der Waals surface area (Å²) in [4.78, 5) is 23.9. The van der Waals surface area contributed by atoms with Gasteiger partial charge in [0, 0.05) is 24.2 Å². The Balaban J connectivity index is 1.58. The molecule has 0 fully saturated rings. The van der Waals surface area contributed by atoms with Crippen molar-refractivity contribution in [1.29, 1.82) is 0 Å². The van der Waals surface area contributed by atoms with Crippen molar-refractivity contribution in [2.24, 2.45) is 0 Å². The van der Waals surface area contributed by atoms with Crippen LogP contribution in [0.25, 0.3) is 0 Å². The van der Waals surface area contributed by atoms with Gasteiger partial charge in [0.2, 0.25) is 0 Å². The maximum absolute atomic E-state index is 11.9. The largest absolute Gasteiger partial charge is 0.362 e. The number of nitrogens with one attached hydrogen (secondary N) is 4. The summed E-state index contributed by atoms with van der Waals surface area (Å²) in [5.74, 6) is -0.507. The second-order valence-electron chi connectivity index (χ2n) is 5.51. The van der Waals surface area contributed by atoms with E-state index in [1.807, 2.05) is 12.1 Å². The smallest absolute Gasteiger partial charge is 0.257 e. The molecule has 4 N–H and O–H groups in total. The maximum atomic E-state index is 11.9. The minimum atomic E-state index is -0.254. The molecule has 27 heavy (non-hydrogen) atoms. The van der Waals surface area contributed by atoms with E-state index >= 15 is 0 Å². The van der Waals surface area contributed by atoms with Gasteiger partial charge in [-0.05, 0) is 55.1 Å². The van der Waals surface area contributed by atoms with Crippen molar-refractivity contribution in [2.45, 2.75) is 6.42 Å². The average Bonchev–Trinajstić information content (AvgIpc) is 2.69. The van der Waals surface area contributed by atoms with Crippen LogP contribution < -0.4 is 21.3 Å². The molecule has 0 saturated heterocycles. The molecule has 0 bridgehead atoms. The molecule has 8 heteroatoms. The van der Waals surface area contributed by atoms with Crippen LogP contribution in [0.2, 0.25) is 0 Å². The van der Waals surface area contributed by atoms with Gasteiger partial charge in [-0.1, -0.05) is 36.4 Å². The van der Waals surface area contributed by atoms with Gasteiger partial charge in [0.05, 0.1) is 0 Å². The number of amides is 2. The first-order chi connectivity index (χ1) is 13.1. The predicted octanol–water partition coefficient (Wildman–Crippen LogP) is 1.99. The van der Waals surface area contributed by atoms with E-state index in [4.69, 9.17) is 24.4 Å². The lowest BCUT2D eigenvalue weighted by atomic mass is 10.2. The molecule has 2 rings (SSSR count). The molecule has 2 aromatic carbocycles. The molecule has 0 saturated carbocycles. The Morgan fingerprint density at radius 2 is 1.04 bits per heavy atom. The Labute approximate surface area is 168 Å². The molecule has 0 aliphatic rings. The second-order valence-corrected chi connectivity index (χ2v) is 6.32. The number of carbonyl (C=O) groups is 2. The normalized spacial score (nSPS) is 9.78. The standard InChI is InChI=1S/C19H20N4O2S2/c24-16(14-8-3-1-4-9-14)22-18(26)20-12-7-13-21-19(27)23-17(25)15-10-5-2-6-11-15/h1-6,8-11H,7,12-13H2,(H2,20,22,24,26)(H2,21,23,25,27). The van der Waals surface area contributed by atoms with Crippen molar-refractivity contribution in [3.8, 4) is 0 Å². The molecule has 0 radical (unpaired) electrons. The molecular formula is C19H20N4O2S2. The highest BCUT2D eigenvalue weighted by molar-refractivity contribution is 7.80. The van der Waals surface area contributed by atoms with Gasteiger partial charge in [0.15, 0.2) is 10.2 Å². The van der Waals surface area contributed by atoms with Gasteiger partial charge in [-0.15, -0.1) is 0 Å². The summed E-state index contributed by atoms with van der Waals surface area (Å²) in [6, 6.07) is 17.7. The first kappa shape index (κ1) is 20.5. The molecule has 0 unspecified atom stereocenters. The summed E-state index contributed by atoms with van der Waals surface area (Å²) in [5, 5.41) is 11.7. The third kappa shape index (κ3) is 7.51. The van der Waals surface area contributed by atoms with Crippen molar-refractivity contribution in [2.75, 3.05) is 13.1 Å². The van der Waals surface area contributed by atoms with Gasteiger partial charge in [-0.25, -0.2) is 0 Å². The Bertz CT molecular complexity index is 730. The highest BCUT2D eigenvalue weighted by atomic mass is 32.1. The van der Waals surface area contributed by atoms with E-state index in [0.717, 1.165) is 0 Å². The van der Waals surface area contributed by atoms with Gasteiger partial charge < -0.3 is 10.6 Å². The van der Waals surface area contributed by atoms with Gasteiger partial charge in [0.1, 0.15) is 0 Å². The van der Waals surface area contributed by atoms with E-state index in [1.165, 1.54) is 0 Å². The number of rotatable bonds is 6. The van der Waals surface area contributed by atoms with Gasteiger partial charge in [-0.2, -0.15) is 0 Å². The highest BCUT2D eigenvalue weighted by Gasteiger charge is 2.07. The van der Waals surface area contributed by atoms with E-state index in [0.29, 0.717) is 30.6 Å². The molecule has 2 aromatic rings. The Morgan fingerprint density at radius 1 is 0.667 bits per heavy atom. The van der Waals surface area contributed by atoms with Crippen LogP contribution in [-0.4, -0.2) is 35.1 Å². The minimum absolute atomic E-state index is 0.254. The van der Waals surface area contributed by atoms with E-state index in [9.17, 15) is 9.59 Å². The predicted molar refractivity (Wildman–Crippen MR) is 114 cm³/mol. The zero-order chi connectivity index (χ0) is 19.5. The number of hydrogen-bond donors (Lipinski definition) is 4. The van der Waals surface area contributed by atoms with Crippen molar-refractivity contribution < 1.29 is 9.59 Å². The third-order valence-corrected chi connectivity index (χ3v) is 3.94. The van der Waals surface area contributed by atoms with E-state index in [1.54, 1.807) is 48.5 Å². The molecule has 0 atom stereocenters. The molecule has 6 nitrogen and oxygen atoms in total. The summed E-state index contributed by atoms with van der Waals surface area (Å²) in [6.45, 7) is 1.10. The van der Waals surface area contributed by atoms with Gasteiger partial charge >= 0.3 is 0 Å². The van der Waals surface area contributed by atoms with Crippen molar-refractivity contribution >= 4 is 46.5 Å². The quantitative estimate of drug-likeness (QED) is 0.439. The van der Waals surface area contributed by atoms with E-state index in [-0.39, 0.29) is 22.0 Å². The first-order valence-corrected chi connectivity index (χ1v) is 9.16. The van der Waals surface area contributed by atoms with Crippen LogP contribution in [0.15, 0.2) is 60.7 Å². The van der Waals surface area contributed by atoms with Crippen molar-refractivity contribution in [1.82, 2.24) is 21.3 Å². The lowest BCUT2D eigenvalue weighted by molar-refractivity contribution is 0.0968. The molecular weight excluding hydrogens is 380 g/mol. The Hall–Kier alpha value is -2.84. The maximum Gasteiger partial charge on any atom is 0.257 e.